The van der Waals surface area contributed by atoms with E-state index in [0.29, 0.717) is 0 Å². The van der Waals surface area contributed by atoms with Crippen LogP contribution in [0.25, 0.3) is 0 Å². The van der Waals surface area contributed by atoms with Crippen molar-refractivity contribution in [2.75, 3.05) is 0 Å². The molecule has 0 saturated heterocycles. The Bertz CT molecular complexity index is 473. The average Bonchev–Trinajstić information content (AvgIpc) is 2.83. The molecule has 0 radical (unpaired) electrons. The Morgan fingerprint density at radius 2 is 1.12 bits per heavy atom. The molecule has 2 aliphatic rings. The van der Waals surface area contributed by atoms with Crippen LogP contribution in [0.5, 0.6) is 0 Å². The molecule has 0 bridgehead atoms. The molecule has 0 saturated carbocycles. The Labute approximate surface area is 122 Å². The van der Waals surface area contributed by atoms with Crippen molar-refractivity contribution in [1.29, 1.82) is 0 Å². The van der Waals surface area contributed by atoms with Crippen molar-refractivity contribution >= 4 is 72.3 Å². The fraction of sp³-hybridized carbons (Fsp3) is 0. The molecule has 82 valence electrons. The van der Waals surface area contributed by atoms with Crippen LogP contribution < -0.4 is 0 Å². The first-order chi connectivity index (χ1) is 7.74. The lowest BCUT2D eigenvalue weighted by Crippen LogP contribution is -1.65. The maximum atomic E-state index is 4.39. The predicted molar refractivity (Wildman–Crippen MR) is 85.4 cm³/mol. The second-order valence-corrected chi connectivity index (χ2v) is 9.20. The largest absolute Gasteiger partial charge is 0.135 e. The van der Waals surface area contributed by atoms with Crippen molar-refractivity contribution in [2.45, 2.75) is 9.79 Å². The maximum absolute atomic E-state index is 4.39. The van der Waals surface area contributed by atoms with Gasteiger partial charge in [-0.3, -0.25) is 0 Å². The molecule has 1 aromatic rings. The van der Waals surface area contributed by atoms with Gasteiger partial charge in [-0.1, -0.05) is 59.2 Å². The monoisotopic (exact) mass is 318 g/mol. The van der Waals surface area contributed by atoms with E-state index in [0.717, 1.165) is 8.47 Å². The van der Waals surface area contributed by atoms with Crippen LogP contribution in [0.1, 0.15) is 0 Å². The number of thiol groups is 2. The molecule has 0 amide bonds. The van der Waals surface area contributed by atoms with Crippen LogP contribution in [0.15, 0.2) is 51.0 Å². The molecule has 0 atom stereocenters. The fourth-order valence-corrected chi connectivity index (χ4v) is 7.24. The lowest BCUT2D eigenvalue weighted by atomic mass is 10.4. The number of benzene rings is 1. The van der Waals surface area contributed by atoms with E-state index in [1.807, 2.05) is 23.5 Å². The van der Waals surface area contributed by atoms with Crippen LogP contribution in [-0.2, 0) is 0 Å². The minimum atomic E-state index is 1.01. The molecule has 0 N–H and O–H groups in total. The second-order valence-electron chi connectivity index (χ2n) is 3.04. The highest BCUT2D eigenvalue weighted by molar-refractivity contribution is 8.39. The van der Waals surface area contributed by atoms with Crippen LogP contribution in [0, 0.1) is 0 Å². The van der Waals surface area contributed by atoms with Crippen LogP contribution in [-0.4, -0.2) is 0 Å². The molecule has 2 heterocycles. The lowest BCUT2D eigenvalue weighted by Gasteiger charge is -1.99. The van der Waals surface area contributed by atoms with Gasteiger partial charge in [0, 0.05) is 9.79 Å². The molecule has 3 rings (SSSR count). The smallest absolute Gasteiger partial charge is 0.0717 e. The van der Waals surface area contributed by atoms with Crippen LogP contribution in [0.4, 0.5) is 0 Å². The summed E-state index contributed by atoms with van der Waals surface area (Å²) in [5, 5.41) is 0. The van der Waals surface area contributed by atoms with Gasteiger partial charge in [-0.25, -0.2) is 0 Å². The summed E-state index contributed by atoms with van der Waals surface area (Å²) in [6.45, 7) is 0. The standard InChI is InChI=1S/C10H6S6/c11-7-8(12)16-10(15-7)9-13-5-3-1-2-4-6(5)14-9/h1-4,11-12H. The molecule has 0 aromatic heterocycles. The quantitative estimate of drug-likeness (QED) is 0.608. The van der Waals surface area contributed by atoms with E-state index in [2.05, 4.69) is 49.5 Å². The first-order valence-corrected chi connectivity index (χ1v) is 8.57. The minimum absolute atomic E-state index is 1.01. The molecule has 0 spiro atoms. The first kappa shape index (κ1) is 11.9. The highest BCUT2D eigenvalue weighted by atomic mass is 32.2. The first-order valence-electron chi connectivity index (χ1n) is 4.41. The van der Waals surface area contributed by atoms with Crippen molar-refractivity contribution < 1.29 is 0 Å². The molecule has 2 aliphatic heterocycles. The Hall–Kier alpha value is 0.800. The van der Waals surface area contributed by atoms with Gasteiger partial charge in [0.1, 0.15) is 0 Å². The zero-order chi connectivity index (χ0) is 11.1. The second kappa shape index (κ2) is 4.82. The van der Waals surface area contributed by atoms with Gasteiger partial charge in [-0.05, 0) is 12.1 Å². The van der Waals surface area contributed by atoms with E-state index < -0.39 is 0 Å². The predicted octanol–water partition coefficient (Wildman–Crippen LogP) is 5.48. The Morgan fingerprint density at radius 3 is 1.62 bits per heavy atom. The zero-order valence-corrected chi connectivity index (χ0v) is 12.9. The Morgan fingerprint density at radius 1 is 0.688 bits per heavy atom. The summed E-state index contributed by atoms with van der Waals surface area (Å²) < 4.78 is 4.67. The van der Waals surface area contributed by atoms with Crippen LogP contribution in [0.2, 0.25) is 0 Å². The fourth-order valence-electron chi connectivity index (χ4n) is 1.29. The number of rotatable bonds is 0. The summed E-state index contributed by atoms with van der Waals surface area (Å²) in [7, 11) is 0. The minimum Gasteiger partial charge on any atom is -0.135 e. The summed E-state index contributed by atoms with van der Waals surface area (Å²) in [6, 6.07) is 8.51. The number of fused-ring (bicyclic) bond motifs is 1. The molecule has 16 heavy (non-hydrogen) atoms. The summed E-state index contributed by atoms with van der Waals surface area (Å²) in [6.07, 6.45) is 0. The third-order valence-electron chi connectivity index (χ3n) is 1.98. The van der Waals surface area contributed by atoms with Gasteiger partial charge < -0.3 is 0 Å². The van der Waals surface area contributed by atoms with E-state index in [4.69, 9.17) is 0 Å². The van der Waals surface area contributed by atoms with Gasteiger partial charge in [0.15, 0.2) is 0 Å². The molecule has 0 unspecified atom stereocenters. The van der Waals surface area contributed by atoms with Crippen molar-refractivity contribution in [1.82, 2.24) is 0 Å². The van der Waals surface area contributed by atoms with E-state index in [1.165, 1.54) is 18.3 Å². The summed E-state index contributed by atoms with van der Waals surface area (Å²) >= 11 is 15.9. The number of hydrogen-bond donors (Lipinski definition) is 2. The van der Waals surface area contributed by atoms with Gasteiger partial charge in [-0.15, -0.1) is 25.3 Å². The topological polar surface area (TPSA) is 0 Å². The van der Waals surface area contributed by atoms with Gasteiger partial charge in [-0.2, -0.15) is 0 Å². The van der Waals surface area contributed by atoms with Crippen molar-refractivity contribution in [3.63, 3.8) is 0 Å². The molecule has 0 aliphatic carbocycles. The lowest BCUT2D eigenvalue weighted by molar-refractivity contribution is 1.27. The highest BCUT2D eigenvalue weighted by Gasteiger charge is 2.25. The van der Waals surface area contributed by atoms with Crippen molar-refractivity contribution in [3.05, 3.63) is 41.2 Å². The summed E-state index contributed by atoms with van der Waals surface area (Å²) in [5.74, 6) is 0. The van der Waals surface area contributed by atoms with Gasteiger partial charge >= 0.3 is 0 Å². The zero-order valence-electron chi connectivity index (χ0n) is 7.84. The van der Waals surface area contributed by atoms with E-state index in [-0.39, 0.29) is 0 Å². The third-order valence-corrected chi connectivity index (χ3v) is 8.74. The molecular weight excluding hydrogens is 313 g/mol. The van der Waals surface area contributed by atoms with Crippen molar-refractivity contribution in [3.8, 4) is 0 Å². The molecule has 0 fully saturated rings. The molecule has 1 aromatic carbocycles. The Balaban J connectivity index is 1.90. The third kappa shape index (κ3) is 2.20. The maximum Gasteiger partial charge on any atom is 0.0717 e. The van der Waals surface area contributed by atoms with Gasteiger partial charge in [0.2, 0.25) is 0 Å². The Kier molecular flexibility index (Phi) is 3.57. The SMILES string of the molecule is SC1=C(S)SC(=C2Sc3ccccc3S2)S1. The molecular formula is C10H6S6. The van der Waals surface area contributed by atoms with E-state index >= 15 is 0 Å². The van der Waals surface area contributed by atoms with E-state index in [1.54, 1.807) is 23.5 Å². The molecule has 6 heteroatoms. The van der Waals surface area contributed by atoms with Crippen LogP contribution >= 0.6 is 72.3 Å². The summed E-state index contributed by atoms with van der Waals surface area (Å²) in [4.78, 5) is 2.70. The highest BCUT2D eigenvalue weighted by Crippen LogP contribution is 2.61. The summed E-state index contributed by atoms with van der Waals surface area (Å²) in [5.41, 5.74) is 0. The normalized spacial score (nSPS) is 19.6. The van der Waals surface area contributed by atoms with Crippen LogP contribution in [0.3, 0.4) is 0 Å². The van der Waals surface area contributed by atoms with Gasteiger partial charge in [0.25, 0.3) is 0 Å². The van der Waals surface area contributed by atoms with Crippen molar-refractivity contribution in [2.24, 2.45) is 0 Å². The number of thioether (sulfide) groups is 4. The average molecular weight is 319 g/mol. The van der Waals surface area contributed by atoms with Gasteiger partial charge in [0.05, 0.1) is 16.9 Å². The number of hydrogen-bond acceptors (Lipinski definition) is 6. The molecule has 0 nitrogen and oxygen atoms in total. The van der Waals surface area contributed by atoms with E-state index in [9.17, 15) is 0 Å².